The van der Waals surface area contributed by atoms with Gasteiger partial charge >= 0.3 is 0 Å². The van der Waals surface area contributed by atoms with Crippen molar-refractivity contribution in [3.8, 4) is 0 Å². The molecule has 0 fully saturated rings. The fourth-order valence-corrected chi connectivity index (χ4v) is 2.63. The van der Waals surface area contributed by atoms with Crippen molar-refractivity contribution in [3.05, 3.63) is 17.1 Å². The van der Waals surface area contributed by atoms with Crippen molar-refractivity contribution in [2.24, 2.45) is 5.84 Å². The average Bonchev–Trinajstić information content (AvgIpc) is 2.68. The second kappa shape index (κ2) is 6.82. The van der Waals surface area contributed by atoms with Gasteiger partial charge in [0.25, 0.3) is 0 Å². The minimum atomic E-state index is -0.0364. The van der Waals surface area contributed by atoms with Crippen molar-refractivity contribution in [2.45, 2.75) is 58.5 Å². The molecule has 0 saturated carbocycles. The zero-order valence-corrected chi connectivity index (χ0v) is 11.9. The van der Waals surface area contributed by atoms with E-state index in [0.717, 1.165) is 36.6 Å². The summed E-state index contributed by atoms with van der Waals surface area (Å²) in [6.07, 6.45) is 6.49. The molecule has 3 N–H and O–H groups in total. The van der Waals surface area contributed by atoms with Crippen LogP contribution in [0, 0.1) is 0 Å². The molecule has 1 atom stereocenters. The van der Waals surface area contributed by atoms with Crippen LogP contribution in [-0.2, 0) is 17.6 Å². The van der Waals surface area contributed by atoms with Crippen molar-refractivity contribution in [2.75, 3.05) is 12.0 Å². The Balaban J connectivity index is 2.38. The van der Waals surface area contributed by atoms with Gasteiger partial charge in [0.1, 0.15) is 11.9 Å². The van der Waals surface area contributed by atoms with Crippen LogP contribution in [0.4, 0.5) is 5.82 Å². The highest BCUT2D eigenvalue weighted by molar-refractivity contribution is 5.46. The summed E-state index contributed by atoms with van der Waals surface area (Å²) in [5, 5.41) is 0. The number of fused-ring (bicyclic) bond motifs is 1. The first-order valence-electron chi connectivity index (χ1n) is 7.28. The molecule has 1 aliphatic rings. The molecule has 0 amide bonds. The predicted octanol–water partition coefficient (Wildman–Crippen LogP) is 2.52. The SMILES string of the molecule is CCOC(CC)c1nc2c(c(NN)n1)CCCCC2. The van der Waals surface area contributed by atoms with E-state index in [2.05, 4.69) is 17.3 Å². The van der Waals surface area contributed by atoms with Crippen LogP contribution in [0.5, 0.6) is 0 Å². The molecule has 2 rings (SSSR count). The molecule has 0 bridgehead atoms. The number of anilines is 1. The molecule has 5 nitrogen and oxygen atoms in total. The molecule has 5 heteroatoms. The predicted molar refractivity (Wildman–Crippen MR) is 75.8 cm³/mol. The van der Waals surface area contributed by atoms with E-state index in [-0.39, 0.29) is 6.10 Å². The summed E-state index contributed by atoms with van der Waals surface area (Å²) in [6.45, 7) is 4.75. The molecule has 1 heterocycles. The van der Waals surface area contributed by atoms with E-state index < -0.39 is 0 Å². The number of nitrogens with one attached hydrogen (secondary N) is 1. The number of hydrogen-bond donors (Lipinski definition) is 2. The number of nitrogens with two attached hydrogens (primary N) is 1. The van der Waals surface area contributed by atoms with Gasteiger partial charge in [-0.15, -0.1) is 0 Å². The fraction of sp³-hybridized carbons (Fsp3) is 0.714. The average molecular weight is 264 g/mol. The van der Waals surface area contributed by atoms with E-state index in [9.17, 15) is 0 Å². The molecular weight excluding hydrogens is 240 g/mol. The molecule has 1 aromatic heterocycles. The number of ether oxygens (including phenoxy) is 1. The maximum absolute atomic E-state index is 5.71. The van der Waals surface area contributed by atoms with Gasteiger partial charge in [0, 0.05) is 17.9 Å². The van der Waals surface area contributed by atoms with Crippen LogP contribution in [0.2, 0.25) is 0 Å². The topological polar surface area (TPSA) is 73.1 Å². The van der Waals surface area contributed by atoms with E-state index in [1.807, 2.05) is 6.92 Å². The fourth-order valence-electron chi connectivity index (χ4n) is 2.63. The van der Waals surface area contributed by atoms with Gasteiger partial charge < -0.3 is 10.2 Å². The van der Waals surface area contributed by atoms with E-state index >= 15 is 0 Å². The molecule has 19 heavy (non-hydrogen) atoms. The largest absolute Gasteiger partial charge is 0.371 e. The van der Waals surface area contributed by atoms with Crippen LogP contribution in [0.15, 0.2) is 0 Å². The van der Waals surface area contributed by atoms with E-state index in [1.165, 1.54) is 24.8 Å². The third kappa shape index (κ3) is 3.22. The van der Waals surface area contributed by atoms with Gasteiger partial charge in [-0.05, 0) is 39.0 Å². The summed E-state index contributed by atoms with van der Waals surface area (Å²) < 4.78 is 5.71. The molecule has 0 spiro atoms. The van der Waals surface area contributed by atoms with Crippen molar-refractivity contribution in [3.63, 3.8) is 0 Å². The van der Waals surface area contributed by atoms with Gasteiger partial charge in [0.05, 0.1) is 0 Å². The molecular formula is C14H24N4O. The van der Waals surface area contributed by atoms with Gasteiger partial charge in [-0.1, -0.05) is 13.3 Å². The van der Waals surface area contributed by atoms with E-state index in [4.69, 9.17) is 15.6 Å². The number of aryl methyl sites for hydroxylation is 1. The number of nitrogens with zero attached hydrogens (tertiary/aromatic N) is 2. The van der Waals surface area contributed by atoms with Gasteiger partial charge in [0.2, 0.25) is 0 Å². The molecule has 1 aliphatic carbocycles. The number of hydrogen-bond acceptors (Lipinski definition) is 5. The lowest BCUT2D eigenvalue weighted by atomic mass is 10.1. The number of nitrogen functional groups attached to an aromatic ring is 1. The van der Waals surface area contributed by atoms with Crippen molar-refractivity contribution in [1.82, 2.24) is 9.97 Å². The maximum Gasteiger partial charge on any atom is 0.159 e. The van der Waals surface area contributed by atoms with Gasteiger partial charge in [-0.2, -0.15) is 0 Å². The highest BCUT2D eigenvalue weighted by Gasteiger charge is 2.20. The lowest BCUT2D eigenvalue weighted by molar-refractivity contribution is 0.0534. The summed E-state index contributed by atoms with van der Waals surface area (Å²) >= 11 is 0. The molecule has 1 unspecified atom stereocenters. The Morgan fingerprint density at radius 3 is 2.68 bits per heavy atom. The molecule has 0 aromatic carbocycles. The monoisotopic (exact) mass is 264 g/mol. The van der Waals surface area contributed by atoms with E-state index in [1.54, 1.807) is 0 Å². The van der Waals surface area contributed by atoms with Crippen molar-refractivity contribution >= 4 is 5.82 Å². The minimum Gasteiger partial charge on any atom is -0.371 e. The maximum atomic E-state index is 5.71. The van der Waals surface area contributed by atoms with Crippen LogP contribution in [0.1, 0.15) is 62.7 Å². The molecule has 0 radical (unpaired) electrons. The van der Waals surface area contributed by atoms with Gasteiger partial charge in [-0.25, -0.2) is 15.8 Å². The van der Waals surface area contributed by atoms with Gasteiger partial charge in [-0.3, -0.25) is 0 Å². The smallest absolute Gasteiger partial charge is 0.159 e. The quantitative estimate of drug-likeness (QED) is 0.485. The highest BCUT2D eigenvalue weighted by Crippen LogP contribution is 2.27. The van der Waals surface area contributed by atoms with Crippen LogP contribution < -0.4 is 11.3 Å². The molecule has 0 aliphatic heterocycles. The van der Waals surface area contributed by atoms with E-state index in [0.29, 0.717) is 6.61 Å². The standard InChI is InChI=1S/C14H24N4O/c1-3-12(19-4-2)14-16-11-9-7-5-6-8-10(11)13(17-14)18-15/h12H,3-9,15H2,1-2H3,(H,16,17,18). The molecule has 0 saturated heterocycles. The first kappa shape index (κ1) is 14.2. The van der Waals surface area contributed by atoms with Crippen LogP contribution >= 0.6 is 0 Å². The summed E-state index contributed by atoms with van der Waals surface area (Å²) in [4.78, 5) is 9.30. The second-order valence-electron chi connectivity index (χ2n) is 4.91. The van der Waals surface area contributed by atoms with Crippen LogP contribution in [-0.4, -0.2) is 16.6 Å². The van der Waals surface area contributed by atoms with Crippen LogP contribution in [0.3, 0.4) is 0 Å². The first-order chi connectivity index (χ1) is 9.30. The third-order valence-electron chi connectivity index (χ3n) is 3.61. The Kier molecular flexibility index (Phi) is 5.10. The van der Waals surface area contributed by atoms with Crippen LogP contribution in [0.25, 0.3) is 0 Å². The number of aromatic nitrogens is 2. The van der Waals surface area contributed by atoms with Crippen molar-refractivity contribution < 1.29 is 4.74 Å². The number of rotatable bonds is 5. The van der Waals surface area contributed by atoms with Crippen molar-refractivity contribution in [1.29, 1.82) is 0 Å². The third-order valence-corrected chi connectivity index (χ3v) is 3.61. The minimum absolute atomic E-state index is 0.0364. The Hall–Kier alpha value is -1.20. The summed E-state index contributed by atoms with van der Waals surface area (Å²) in [5.41, 5.74) is 5.07. The second-order valence-corrected chi connectivity index (χ2v) is 4.91. The zero-order valence-electron chi connectivity index (χ0n) is 11.9. The summed E-state index contributed by atoms with van der Waals surface area (Å²) in [7, 11) is 0. The normalized spacial score (nSPS) is 16.6. The molecule has 106 valence electrons. The highest BCUT2D eigenvalue weighted by atomic mass is 16.5. The number of hydrazine groups is 1. The Bertz CT molecular complexity index is 422. The summed E-state index contributed by atoms with van der Waals surface area (Å²) in [6, 6.07) is 0. The Morgan fingerprint density at radius 2 is 2.00 bits per heavy atom. The lowest BCUT2D eigenvalue weighted by Gasteiger charge is -2.18. The zero-order chi connectivity index (χ0) is 13.7. The Labute approximate surface area is 114 Å². The summed E-state index contributed by atoms with van der Waals surface area (Å²) in [5.74, 6) is 7.17. The lowest BCUT2D eigenvalue weighted by Crippen LogP contribution is -2.17. The first-order valence-corrected chi connectivity index (χ1v) is 7.28. The van der Waals surface area contributed by atoms with Gasteiger partial charge in [0.15, 0.2) is 5.82 Å². The Morgan fingerprint density at radius 1 is 1.21 bits per heavy atom. The molecule has 1 aromatic rings.